The number of rotatable bonds is 3. The maximum atomic E-state index is 6.66. The molecule has 0 amide bonds. The van der Waals surface area contributed by atoms with E-state index >= 15 is 0 Å². The summed E-state index contributed by atoms with van der Waals surface area (Å²) in [4.78, 5) is 15.2. The zero-order chi connectivity index (χ0) is 33.1. The van der Waals surface area contributed by atoms with E-state index in [0.29, 0.717) is 17.5 Å². The molecule has 10 rings (SSSR count). The fourth-order valence-corrected chi connectivity index (χ4v) is 7.88. The van der Waals surface area contributed by atoms with Crippen molar-refractivity contribution in [3.63, 3.8) is 0 Å². The van der Waals surface area contributed by atoms with Crippen molar-refractivity contribution in [3.8, 4) is 67.9 Å². The quantitative estimate of drug-likeness (QED) is 0.193. The van der Waals surface area contributed by atoms with Gasteiger partial charge in [-0.25, -0.2) is 15.0 Å². The second-order valence-corrected chi connectivity index (χ2v) is 12.7. The van der Waals surface area contributed by atoms with Crippen LogP contribution in [0.25, 0.3) is 56.4 Å². The highest BCUT2D eigenvalue weighted by atomic mass is 16.5. The Morgan fingerprint density at radius 1 is 0.320 bits per heavy atom. The van der Waals surface area contributed by atoms with Gasteiger partial charge in [0.05, 0.1) is 5.41 Å². The van der Waals surface area contributed by atoms with Gasteiger partial charge in [0.15, 0.2) is 17.5 Å². The maximum Gasteiger partial charge on any atom is 0.164 e. The molecule has 1 aromatic heterocycles. The molecule has 7 aromatic carbocycles. The standard InChI is InChI=1S/C46H29N3O/c1-3-15-30(16-4-1)43-47-44(31-17-5-2-6-18-31)49-45(48-43)32-27-28-36-34-20-8-7-19-33(34)35-21-9-10-22-37(35)46(40(36)29-32)38-23-11-13-25-41(38)50-42-26-14-12-24-39(42)46/h1-29H. The Labute approximate surface area is 290 Å². The number of benzene rings is 7. The molecule has 0 saturated carbocycles. The second kappa shape index (κ2) is 11.2. The lowest BCUT2D eigenvalue weighted by Crippen LogP contribution is -2.34. The molecule has 1 spiro atoms. The Balaban J connectivity index is 1.33. The van der Waals surface area contributed by atoms with Crippen LogP contribution in [0.5, 0.6) is 11.5 Å². The third kappa shape index (κ3) is 4.22. The third-order valence-electron chi connectivity index (χ3n) is 10.0. The fourth-order valence-electron chi connectivity index (χ4n) is 7.88. The lowest BCUT2D eigenvalue weighted by Gasteiger charge is -2.42. The van der Waals surface area contributed by atoms with Crippen LogP contribution in [0, 0.1) is 0 Å². The molecule has 4 nitrogen and oxygen atoms in total. The van der Waals surface area contributed by atoms with Crippen LogP contribution in [0.1, 0.15) is 22.3 Å². The molecule has 1 aliphatic carbocycles. The molecular formula is C46H29N3O. The molecular weight excluding hydrogens is 611 g/mol. The van der Waals surface area contributed by atoms with Gasteiger partial charge >= 0.3 is 0 Å². The summed E-state index contributed by atoms with van der Waals surface area (Å²) in [6.45, 7) is 0. The van der Waals surface area contributed by atoms with E-state index < -0.39 is 5.41 Å². The molecule has 1 aliphatic heterocycles. The Morgan fingerprint density at radius 3 is 1.30 bits per heavy atom. The Bertz CT molecular complexity index is 2480. The summed E-state index contributed by atoms with van der Waals surface area (Å²) in [5.41, 5.74) is 11.4. The minimum atomic E-state index is -0.704. The SMILES string of the molecule is c1ccc(-c2nc(-c3ccccc3)nc(-c3ccc4c(c3)C3(c5ccccc5Oc5ccccc53)c3ccccc3-c3ccccc3-4)n2)cc1. The van der Waals surface area contributed by atoms with E-state index in [-0.39, 0.29) is 0 Å². The predicted molar refractivity (Wildman–Crippen MR) is 199 cm³/mol. The largest absolute Gasteiger partial charge is 0.457 e. The van der Waals surface area contributed by atoms with E-state index in [0.717, 1.165) is 50.4 Å². The molecule has 2 aliphatic rings. The van der Waals surface area contributed by atoms with Gasteiger partial charge in [-0.3, -0.25) is 0 Å². The van der Waals surface area contributed by atoms with E-state index in [1.165, 1.54) is 22.3 Å². The van der Waals surface area contributed by atoms with Crippen molar-refractivity contribution in [1.29, 1.82) is 0 Å². The van der Waals surface area contributed by atoms with Gasteiger partial charge in [-0.05, 0) is 51.6 Å². The van der Waals surface area contributed by atoms with Crippen LogP contribution >= 0.6 is 0 Å². The summed E-state index contributed by atoms with van der Waals surface area (Å²) in [6.07, 6.45) is 0. The summed E-state index contributed by atoms with van der Waals surface area (Å²) in [5, 5.41) is 0. The number of ether oxygens (including phenoxy) is 1. The van der Waals surface area contributed by atoms with Gasteiger partial charge in [0.1, 0.15) is 11.5 Å². The minimum absolute atomic E-state index is 0.620. The second-order valence-electron chi connectivity index (χ2n) is 12.7. The highest BCUT2D eigenvalue weighted by Crippen LogP contribution is 2.60. The molecule has 0 unspecified atom stereocenters. The molecule has 0 atom stereocenters. The smallest absolute Gasteiger partial charge is 0.164 e. The number of hydrogen-bond donors (Lipinski definition) is 0. The number of hydrogen-bond acceptors (Lipinski definition) is 4. The number of nitrogens with zero attached hydrogens (tertiary/aromatic N) is 3. The minimum Gasteiger partial charge on any atom is -0.457 e. The van der Waals surface area contributed by atoms with Crippen molar-refractivity contribution in [1.82, 2.24) is 15.0 Å². The van der Waals surface area contributed by atoms with Crippen molar-refractivity contribution in [2.24, 2.45) is 0 Å². The molecule has 234 valence electrons. The van der Waals surface area contributed by atoms with Gasteiger partial charge < -0.3 is 4.74 Å². The Morgan fingerprint density at radius 2 is 0.740 bits per heavy atom. The lowest BCUT2D eigenvalue weighted by molar-refractivity contribution is 0.435. The van der Waals surface area contributed by atoms with Crippen LogP contribution in [0.4, 0.5) is 0 Å². The zero-order valence-electron chi connectivity index (χ0n) is 27.0. The fraction of sp³-hybridized carbons (Fsp3) is 0.0217. The average molecular weight is 640 g/mol. The monoisotopic (exact) mass is 639 g/mol. The van der Waals surface area contributed by atoms with Crippen LogP contribution in [-0.2, 0) is 5.41 Å². The molecule has 0 N–H and O–H groups in total. The molecule has 4 heteroatoms. The number of fused-ring (bicyclic) bond motifs is 11. The molecule has 0 saturated heterocycles. The summed E-state index contributed by atoms with van der Waals surface area (Å²) in [5.74, 6) is 3.59. The van der Waals surface area contributed by atoms with Crippen molar-refractivity contribution in [2.45, 2.75) is 5.41 Å². The Kier molecular flexibility index (Phi) is 6.36. The van der Waals surface area contributed by atoms with E-state index in [9.17, 15) is 0 Å². The summed E-state index contributed by atoms with van der Waals surface area (Å²) < 4.78 is 6.66. The Hall–Kier alpha value is -6.65. The van der Waals surface area contributed by atoms with Crippen LogP contribution in [0.15, 0.2) is 176 Å². The summed E-state index contributed by atoms with van der Waals surface area (Å²) in [7, 11) is 0. The molecule has 2 heterocycles. The highest BCUT2D eigenvalue weighted by molar-refractivity contribution is 5.94. The van der Waals surface area contributed by atoms with Crippen LogP contribution < -0.4 is 4.74 Å². The van der Waals surface area contributed by atoms with E-state index in [1.54, 1.807) is 0 Å². The average Bonchev–Trinajstić information content (AvgIpc) is 3.30. The third-order valence-corrected chi connectivity index (χ3v) is 10.0. The predicted octanol–water partition coefficient (Wildman–Crippen LogP) is 11.0. The van der Waals surface area contributed by atoms with Crippen molar-refractivity contribution in [2.75, 3.05) is 0 Å². The zero-order valence-corrected chi connectivity index (χ0v) is 27.0. The molecule has 0 fully saturated rings. The van der Waals surface area contributed by atoms with Crippen molar-refractivity contribution >= 4 is 0 Å². The first kappa shape index (κ1) is 28.4. The first-order valence-corrected chi connectivity index (χ1v) is 16.9. The van der Waals surface area contributed by atoms with Gasteiger partial charge in [-0.2, -0.15) is 0 Å². The van der Waals surface area contributed by atoms with Gasteiger partial charge in [-0.1, -0.05) is 158 Å². The van der Waals surface area contributed by atoms with E-state index in [2.05, 4.69) is 115 Å². The van der Waals surface area contributed by atoms with Gasteiger partial charge in [0, 0.05) is 27.8 Å². The summed E-state index contributed by atoms with van der Waals surface area (Å²) >= 11 is 0. The molecule has 0 bridgehead atoms. The highest BCUT2D eigenvalue weighted by Gasteiger charge is 2.49. The van der Waals surface area contributed by atoms with Gasteiger partial charge in [-0.15, -0.1) is 0 Å². The normalized spacial score (nSPS) is 13.1. The number of aromatic nitrogens is 3. The molecule has 50 heavy (non-hydrogen) atoms. The molecule has 8 aromatic rings. The number of para-hydroxylation sites is 2. The lowest BCUT2D eigenvalue weighted by atomic mass is 9.62. The van der Waals surface area contributed by atoms with E-state index in [4.69, 9.17) is 19.7 Å². The van der Waals surface area contributed by atoms with Crippen LogP contribution in [0.3, 0.4) is 0 Å². The van der Waals surface area contributed by atoms with Crippen molar-refractivity contribution < 1.29 is 4.74 Å². The first-order valence-electron chi connectivity index (χ1n) is 16.9. The topological polar surface area (TPSA) is 47.9 Å². The van der Waals surface area contributed by atoms with Crippen LogP contribution in [-0.4, -0.2) is 15.0 Å². The van der Waals surface area contributed by atoms with Gasteiger partial charge in [0.25, 0.3) is 0 Å². The summed E-state index contributed by atoms with van der Waals surface area (Å²) in [6, 6.07) is 61.5. The van der Waals surface area contributed by atoms with E-state index in [1.807, 2.05) is 60.7 Å². The van der Waals surface area contributed by atoms with Crippen molar-refractivity contribution in [3.05, 3.63) is 198 Å². The van der Waals surface area contributed by atoms with Gasteiger partial charge in [0.2, 0.25) is 0 Å². The maximum absolute atomic E-state index is 6.66. The first-order chi connectivity index (χ1) is 24.8. The molecule has 0 radical (unpaired) electrons. The van der Waals surface area contributed by atoms with Crippen LogP contribution in [0.2, 0.25) is 0 Å².